The molecule has 0 amide bonds. The van der Waals surface area contributed by atoms with Crippen LogP contribution in [0.3, 0.4) is 0 Å². The molecule has 0 aliphatic rings. The molecule has 1 atom stereocenters. The summed E-state index contributed by atoms with van der Waals surface area (Å²) in [4.78, 5) is 0. The summed E-state index contributed by atoms with van der Waals surface area (Å²) in [7, 11) is 0. The number of aromatic nitrogens is 2. The van der Waals surface area contributed by atoms with Crippen molar-refractivity contribution in [1.82, 2.24) is 15.5 Å². The zero-order chi connectivity index (χ0) is 13.8. The Morgan fingerprint density at radius 2 is 2.21 bits per heavy atom. The lowest BCUT2D eigenvalue weighted by molar-refractivity contribution is 0.422. The third kappa shape index (κ3) is 3.19. The van der Waals surface area contributed by atoms with Gasteiger partial charge in [0, 0.05) is 0 Å². The van der Waals surface area contributed by atoms with Gasteiger partial charge >= 0.3 is 0 Å². The Morgan fingerprint density at radius 1 is 1.42 bits per heavy atom. The lowest BCUT2D eigenvalue weighted by Crippen LogP contribution is -2.19. The van der Waals surface area contributed by atoms with Crippen LogP contribution in [0.1, 0.15) is 32.2 Å². The van der Waals surface area contributed by atoms with E-state index in [0.29, 0.717) is 15.9 Å². The molecule has 1 aromatic heterocycles. The Labute approximate surface area is 119 Å². The fourth-order valence-electron chi connectivity index (χ4n) is 1.64. The first kappa shape index (κ1) is 14.1. The molecule has 0 fully saturated rings. The molecule has 1 N–H and O–H groups in total. The molecule has 19 heavy (non-hydrogen) atoms. The molecule has 0 bridgehead atoms. The molecule has 1 heterocycles. The van der Waals surface area contributed by atoms with Gasteiger partial charge in [-0.15, -0.1) is 10.2 Å². The highest BCUT2D eigenvalue weighted by atomic mass is 79.9. The van der Waals surface area contributed by atoms with E-state index in [9.17, 15) is 4.39 Å². The number of hydrogen-bond donors (Lipinski definition) is 1. The van der Waals surface area contributed by atoms with E-state index in [-0.39, 0.29) is 11.9 Å². The van der Waals surface area contributed by atoms with Crippen molar-refractivity contribution in [2.75, 3.05) is 6.54 Å². The molecule has 0 saturated heterocycles. The minimum Gasteiger partial charge on any atom is -0.419 e. The SMILES string of the molecule is CCCNC(C)c1nnc(-c2cccc(Br)c2F)o1. The highest BCUT2D eigenvalue weighted by molar-refractivity contribution is 9.10. The number of hydrogen-bond acceptors (Lipinski definition) is 4. The van der Waals surface area contributed by atoms with Crippen LogP contribution in [0.2, 0.25) is 0 Å². The molecule has 0 aliphatic carbocycles. The van der Waals surface area contributed by atoms with Gasteiger partial charge in [-0.2, -0.15) is 0 Å². The maximum atomic E-state index is 13.9. The van der Waals surface area contributed by atoms with Gasteiger partial charge in [-0.3, -0.25) is 0 Å². The minimum atomic E-state index is -0.396. The molecule has 1 unspecified atom stereocenters. The van der Waals surface area contributed by atoms with Crippen molar-refractivity contribution < 1.29 is 8.81 Å². The van der Waals surface area contributed by atoms with Gasteiger partial charge in [0.1, 0.15) is 5.82 Å². The summed E-state index contributed by atoms with van der Waals surface area (Å²) in [6.45, 7) is 4.88. The van der Waals surface area contributed by atoms with Gasteiger partial charge in [0.05, 0.1) is 16.1 Å². The maximum Gasteiger partial charge on any atom is 0.250 e. The third-order valence-electron chi connectivity index (χ3n) is 2.69. The van der Waals surface area contributed by atoms with E-state index in [4.69, 9.17) is 4.42 Å². The zero-order valence-electron chi connectivity index (χ0n) is 10.8. The van der Waals surface area contributed by atoms with Crippen LogP contribution < -0.4 is 5.32 Å². The monoisotopic (exact) mass is 327 g/mol. The summed E-state index contributed by atoms with van der Waals surface area (Å²) in [6, 6.07) is 4.92. The number of benzene rings is 1. The van der Waals surface area contributed by atoms with Crippen molar-refractivity contribution in [3.05, 3.63) is 34.4 Å². The van der Waals surface area contributed by atoms with Crippen LogP contribution in [-0.2, 0) is 0 Å². The summed E-state index contributed by atoms with van der Waals surface area (Å²) in [5.41, 5.74) is 0.302. The molecule has 2 aromatic rings. The van der Waals surface area contributed by atoms with E-state index in [0.717, 1.165) is 13.0 Å². The zero-order valence-corrected chi connectivity index (χ0v) is 12.4. The first-order valence-electron chi connectivity index (χ1n) is 6.14. The fourth-order valence-corrected chi connectivity index (χ4v) is 2.00. The molecular formula is C13H15BrFN3O. The summed E-state index contributed by atoms with van der Waals surface area (Å²) in [5.74, 6) is 0.258. The number of rotatable bonds is 5. The standard InChI is InChI=1S/C13H15BrFN3O/c1-3-7-16-8(2)12-17-18-13(19-12)9-5-4-6-10(14)11(9)15/h4-6,8,16H,3,7H2,1-2H3. The van der Waals surface area contributed by atoms with Crippen LogP contribution in [-0.4, -0.2) is 16.7 Å². The summed E-state index contributed by atoms with van der Waals surface area (Å²) in [5, 5.41) is 11.1. The van der Waals surface area contributed by atoms with Crippen LogP contribution in [0.25, 0.3) is 11.5 Å². The number of nitrogens with one attached hydrogen (secondary N) is 1. The van der Waals surface area contributed by atoms with Gasteiger partial charge in [0.2, 0.25) is 5.89 Å². The van der Waals surface area contributed by atoms with Gasteiger partial charge in [-0.05, 0) is 48.0 Å². The predicted molar refractivity (Wildman–Crippen MR) is 74.1 cm³/mol. The normalized spacial score (nSPS) is 12.6. The first-order valence-corrected chi connectivity index (χ1v) is 6.94. The topological polar surface area (TPSA) is 51.0 Å². The lowest BCUT2D eigenvalue weighted by Gasteiger charge is -2.07. The summed E-state index contributed by atoms with van der Waals surface area (Å²) >= 11 is 3.14. The largest absolute Gasteiger partial charge is 0.419 e. The van der Waals surface area contributed by atoms with Gasteiger partial charge in [0.25, 0.3) is 5.89 Å². The molecule has 1 aromatic carbocycles. The quantitative estimate of drug-likeness (QED) is 0.909. The van der Waals surface area contributed by atoms with Crippen LogP contribution >= 0.6 is 15.9 Å². The minimum absolute atomic E-state index is 0.0450. The molecule has 0 saturated carbocycles. The van der Waals surface area contributed by atoms with Gasteiger partial charge < -0.3 is 9.73 Å². The molecule has 0 spiro atoms. The van der Waals surface area contributed by atoms with E-state index in [1.54, 1.807) is 18.2 Å². The van der Waals surface area contributed by atoms with Crippen molar-refractivity contribution in [3.8, 4) is 11.5 Å². The van der Waals surface area contributed by atoms with E-state index < -0.39 is 5.82 Å². The molecular weight excluding hydrogens is 313 g/mol. The van der Waals surface area contributed by atoms with Crippen molar-refractivity contribution >= 4 is 15.9 Å². The summed E-state index contributed by atoms with van der Waals surface area (Å²) < 4.78 is 19.8. The Hall–Kier alpha value is -1.27. The Bertz CT molecular complexity index is 559. The second-order valence-corrected chi connectivity index (χ2v) is 5.08. The van der Waals surface area contributed by atoms with Crippen molar-refractivity contribution in [3.63, 3.8) is 0 Å². The second kappa shape index (κ2) is 6.25. The highest BCUT2D eigenvalue weighted by Gasteiger charge is 2.17. The smallest absolute Gasteiger partial charge is 0.250 e. The highest BCUT2D eigenvalue weighted by Crippen LogP contribution is 2.27. The molecule has 2 rings (SSSR count). The third-order valence-corrected chi connectivity index (χ3v) is 3.31. The molecule has 0 aliphatic heterocycles. The van der Waals surface area contributed by atoms with Crippen LogP contribution in [0.15, 0.2) is 27.1 Å². The average molecular weight is 328 g/mol. The molecule has 6 heteroatoms. The first-order chi connectivity index (χ1) is 9.13. The summed E-state index contributed by atoms with van der Waals surface area (Å²) in [6.07, 6.45) is 1.02. The Morgan fingerprint density at radius 3 is 2.95 bits per heavy atom. The van der Waals surface area contributed by atoms with E-state index in [1.807, 2.05) is 6.92 Å². The van der Waals surface area contributed by atoms with Crippen molar-refractivity contribution in [2.24, 2.45) is 0 Å². The van der Waals surface area contributed by atoms with Gasteiger partial charge in [0.15, 0.2) is 0 Å². The maximum absolute atomic E-state index is 13.9. The number of nitrogens with zero attached hydrogens (tertiary/aromatic N) is 2. The van der Waals surface area contributed by atoms with Crippen LogP contribution in [0, 0.1) is 5.82 Å². The predicted octanol–water partition coefficient (Wildman–Crippen LogP) is 3.70. The van der Waals surface area contributed by atoms with E-state index >= 15 is 0 Å². The van der Waals surface area contributed by atoms with E-state index in [1.165, 1.54) is 0 Å². The molecule has 0 radical (unpaired) electrons. The Balaban J connectivity index is 2.23. The van der Waals surface area contributed by atoms with Gasteiger partial charge in [-0.1, -0.05) is 13.0 Å². The second-order valence-electron chi connectivity index (χ2n) is 4.22. The molecule has 4 nitrogen and oxygen atoms in total. The van der Waals surface area contributed by atoms with E-state index in [2.05, 4.69) is 38.4 Å². The lowest BCUT2D eigenvalue weighted by atomic mass is 10.2. The molecule has 102 valence electrons. The van der Waals surface area contributed by atoms with Crippen molar-refractivity contribution in [2.45, 2.75) is 26.3 Å². The Kier molecular flexibility index (Phi) is 4.66. The van der Waals surface area contributed by atoms with Crippen LogP contribution in [0.5, 0.6) is 0 Å². The average Bonchev–Trinajstić information content (AvgIpc) is 2.88. The van der Waals surface area contributed by atoms with Crippen molar-refractivity contribution in [1.29, 1.82) is 0 Å². The number of halogens is 2. The fraction of sp³-hybridized carbons (Fsp3) is 0.385. The van der Waals surface area contributed by atoms with Crippen LogP contribution in [0.4, 0.5) is 4.39 Å². The van der Waals surface area contributed by atoms with Gasteiger partial charge in [-0.25, -0.2) is 4.39 Å².